The van der Waals surface area contributed by atoms with E-state index in [-0.39, 0.29) is 18.4 Å². The lowest BCUT2D eigenvalue weighted by atomic mass is 10.0. The minimum atomic E-state index is -0.106. The van der Waals surface area contributed by atoms with Crippen LogP contribution in [0.15, 0.2) is 36.7 Å². The van der Waals surface area contributed by atoms with Gasteiger partial charge in [-0.25, -0.2) is 9.97 Å². The van der Waals surface area contributed by atoms with E-state index in [1.165, 1.54) is 6.92 Å². The number of piperazine rings is 1. The summed E-state index contributed by atoms with van der Waals surface area (Å²) in [5, 5.41) is 0. The molecule has 0 saturated carbocycles. The van der Waals surface area contributed by atoms with Gasteiger partial charge in [0.15, 0.2) is 0 Å². The van der Waals surface area contributed by atoms with E-state index in [1.54, 1.807) is 23.4 Å². The number of aryl methyl sites for hydroxylation is 2. The van der Waals surface area contributed by atoms with E-state index in [4.69, 9.17) is 0 Å². The highest BCUT2D eigenvalue weighted by Crippen LogP contribution is 2.27. The van der Waals surface area contributed by atoms with Crippen LogP contribution in [0.4, 0.5) is 11.6 Å². The lowest BCUT2D eigenvalue weighted by Crippen LogP contribution is -2.52. The Kier molecular flexibility index (Phi) is 6.80. The van der Waals surface area contributed by atoms with Crippen LogP contribution in [0.5, 0.6) is 0 Å². The van der Waals surface area contributed by atoms with Gasteiger partial charge in [-0.3, -0.25) is 9.59 Å². The fourth-order valence-electron chi connectivity index (χ4n) is 3.76. The van der Waals surface area contributed by atoms with Crippen molar-refractivity contribution in [1.29, 1.82) is 0 Å². The zero-order valence-corrected chi connectivity index (χ0v) is 17.5. The van der Waals surface area contributed by atoms with Crippen molar-refractivity contribution in [3.8, 4) is 0 Å². The fourth-order valence-corrected chi connectivity index (χ4v) is 3.76. The van der Waals surface area contributed by atoms with E-state index in [0.717, 1.165) is 29.7 Å². The molecule has 29 heavy (non-hydrogen) atoms. The lowest BCUT2D eigenvalue weighted by molar-refractivity contribution is -0.131. The molecule has 0 radical (unpaired) electrons. The molecule has 2 amide bonds. The Morgan fingerprint density at radius 3 is 2.07 bits per heavy atom. The summed E-state index contributed by atoms with van der Waals surface area (Å²) in [5.41, 5.74) is 3.09. The molecule has 7 heteroatoms. The molecule has 1 fully saturated rings. The molecule has 0 spiro atoms. The summed E-state index contributed by atoms with van der Waals surface area (Å²) in [5.74, 6) is 0.557. The number of rotatable bonds is 6. The van der Waals surface area contributed by atoms with Crippen LogP contribution >= 0.6 is 0 Å². The van der Waals surface area contributed by atoms with Crippen LogP contribution in [0, 0.1) is 0 Å². The maximum absolute atomic E-state index is 13.0. The van der Waals surface area contributed by atoms with Crippen molar-refractivity contribution >= 4 is 23.5 Å². The van der Waals surface area contributed by atoms with Crippen molar-refractivity contribution in [2.45, 2.75) is 33.6 Å². The Hall–Kier alpha value is -2.96. The summed E-state index contributed by atoms with van der Waals surface area (Å²) in [6, 6.07) is 7.88. The third-order valence-electron chi connectivity index (χ3n) is 5.38. The number of carbonyl (C=O) groups excluding carboxylic acids is 2. The Labute approximate surface area is 172 Å². The second kappa shape index (κ2) is 9.49. The molecule has 0 atom stereocenters. The van der Waals surface area contributed by atoms with E-state index in [1.807, 2.05) is 23.1 Å². The number of hydrogen-bond donors (Lipinski definition) is 0. The van der Waals surface area contributed by atoms with Gasteiger partial charge in [0.1, 0.15) is 6.54 Å². The second-order valence-electron chi connectivity index (χ2n) is 7.15. The lowest BCUT2D eigenvalue weighted by Gasteiger charge is -2.36. The van der Waals surface area contributed by atoms with Crippen LogP contribution < -0.4 is 9.80 Å². The van der Waals surface area contributed by atoms with Crippen LogP contribution in [0.1, 0.15) is 31.9 Å². The Morgan fingerprint density at radius 1 is 0.966 bits per heavy atom. The van der Waals surface area contributed by atoms with Gasteiger partial charge < -0.3 is 14.7 Å². The molecule has 2 heterocycles. The van der Waals surface area contributed by atoms with Gasteiger partial charge in [0.2, 0.25) is 17.8 Å². The summed E-state index contributed by atoms with van der Waals surface area (Å²) >= 11 is 0. The molecule has 7 nitrogen and oxygen atoms in total. The molecule has 1 aliphatic rings. The van der Waals surface area contributed by atoms with Gasteiger partial charge in [-0.05, 0) is 30.0 Å². The molecule has 1 aliphatic heterocycles. The van der Waals surface area contributed by atoms with E-state index in [2.05, 4.69) is 28.7 Å². The topological polar surface area (TPSA) is 69.6 Å². The first kappa shape index (κ1) is 20.8. The van der Waals surface area contributed by atoms with Crippen molar-refractivity contribution in [3.63, 3.8) is 0 Å². The zero-order chi connectivity index (χ0) is 20.8. The van der Waals surface area contributed by atoms with Gasteiger partial charge in [-0.15, -0.1) is 0 Å². The van der Waals surface area contributed by atoms with Crippen LogP contribution in [-0.2, 0) is 22.4 Å². The molecule has 0 bridgehead atoms. The SMILES string of the molecule is CCc1cccc(CC)c1N(CC(=O)N1CCN(c2ncccn2)CC1)C(C)=O. The number of benzene rings is 1. The third-order valence-corrected chi connectivity index (χ3v) is 5.38. The quantitative estimate of drug-likeness (QED) is 0.751. The minimum absolute atomic E-state index is 0.0261. The first-order chi connectivity index (χ1) is 14.0. The standard InChI is InChI=1S/C22H29N5O2/c1-4-18-8-6-9-19(5-2)21(18)27(17(3)28)16-20(29)25-12-14-26(15-13-25)22-23-10-7-11-24-22/h6-11H,4-5,12-16H2,1-3H3. The molecule has 1 aromatic carbocycles. The normalized spacial score (nSPS) is 14.0. The van der Waals surface area contributed by atoms with Crippen LogP contribution in [0.2, 0.25) is 0 Å². The largest absolute Gasteiger partial charge is 0.338 e. The van der Waals surface area contributed by atoms with Gasteiger partial charge in [-0.1, -0.05) is 32.0 Å². The van der Waals surface area contributed by atoms with Crippen LogP contribution in [0.3, 0.4) is 0 Å². The number of nitrogens with zero attached hydrogens (tertiary/aromatic N) is 5. The second-order valence-corrected chi connectivity index (χ2v) is 7.15. The first-order valence-electron chi connectivity index (χ1n) is 10.2. The minimum Gasteiger partial charge on any atom is -0.338 e. The zero-order valence-electron chi connectivity index (χ0n) is 17.5. The predicted molar refractivity (Wildman–Crippen MR) is 114 cm³/mol. The van der Waals surface area contributed by atoms with Crippen molar-refractivity contribution in [2.24, 2.45) is 0 Å². The summed E-state index contributed by atoms with van der Waals surface area (Å²) in [6.45, 7) is 8.30. The van der Waals surface area contributed by atoms with Crippen LogP contribution in [0.25, 0.3) is 0 Å². The van der Waals surface area contributed by atoms with Crippen molar-refractivity contribution in [2.75, 3.05) is 42.5 Å². The number of para-hydroxylation sites is 1. The van der Waals surface area contributed by atoms with Gasteiger partial charge in [0.05, 0.1) is 5.69 Å². The van der Waals surface area contributed by atoms with Crippen molar-refractivity contribution < 1.29 is 9.59 Å². The van der Waals surface area contributed by atoms with E-state index in [9.17, 15) is 9.59 Å². The van der Waals surface area contributed by atoms with Gasteiger partial charge in [0, 0.05) is 45.5 Å². The molecule has 1 aromatic heterocycles. The molecule has 3 rings (SSSR count). The van der Waals surface area contributed by atoms with Gasteiger partial charge >= 0.3 is 0 Å². The Bertz CT molecular complexity index is 825. The fraction of sp³-hybridized carbons (Fsp3) is 0.455. The number of amides is 2. The summed E-state index contributed by atoms with van der Waals surface area (Å²) in [6.07, 6.45) is 5.08. The average molecular weight is 396 g/mol. The van der Waals surface area contributed by atoms with Crippen molar-refractivity contribution in [3.05, 3.63) is 47.8 Å². The molecule has 0 unspecified atom stereocenters. The summed E-state index contributed by atoms with van der Waals surface area (Å²) in [7, 11) is 0. The van der Waals surface area contributed by atoms with E-state index in [0.29, 0.717) is 32.1 Å². The Balaban J connectivity index is 1.71. The first-order valence-corrected chi connectivity index (χ1v) is 10.2. The molecular formula is C22H29N5O2. The molecule has 0 aliphatic carbocycles. The van der Waals surface area contributed by atoms with Gasteiger partial charge in [0.25, 0.3) is 0 Å². The molecular weight excluding hydrogens is 366 g/mol. The van der Waals surface area contributed by atoms with Gasteiger partial charge in [-0.2, -0.15) is 0 Å². The molecule has 2 aromatic rings. The molecule has 0 N–H and O–H groups in total. The average Bonchev–Trinajstić information content (AvgIpc) is 2.77. The highest BCUT2D eigenvalue weighted by molar-refractivity contribution is 5.98. The molecule has 154 valence electrons. The summed E-state index contributed by atoms with van der Waals surface area (Å²) < 4.78 is 0. The van der Waals surface area contributed by atoms with Crippen molar-refractivity contribution in [1.82, 2.24) is 14.9 Å². The van der Waals surface area contributed by atoms with Crippen LogP contribution in [-0.4, -0.2) is 59.4 Å². The van der Waals surface area contributed by atoms with E-state index >= 15 is 0 Å². The number of carbonyl (C=O) groups is 2. The number of hydrogen-bond acceptors (Lipinski definition) is 5. The highest BCUT2D eigenvalue weighted by Gasteiger charge is 2.26. The maximum Gasteiger partial charge on any atom is 0.242 e. The summed E-state index contributed by atoms with van der Waals surface area (Å²) in [4.78, 5) is 39.6. The smallest absolute Gasteiger partial charge is 0.242 e. The number of aromatic nitrogens is 2. The third kappa shape index (κ3) is 4.72. The molecule has 1 saturated heterocycles. The van der Waals surface area contributed by atoms with E-state index < -0.39 is 0 Å². The number of anilines is 2. The Morgan fingerprint density at radius 2 is 1.55 bits per heavy atom. The highest BCUT2D eigenvalue weighted by atomic mass is 16.2. The predicted octanol–water partition coefficient (Wildman–Crippen LogP) is 2.30. The maximum atomic E-state index is 13.0. The monoisotopic (exact) mass is 395 g/mol.